The summed E-state index contributed by atoms with van der Waals surface area (Å²) < 4.78 is 0. The lowest BCUT2D eigenvalue weighted by Crippen LogP contribution is -2.12. The van der Waals surface area contributed by atoms with Crippen molar-refractivity contribution in [2.24, 2.45) is 0 Å². The highest BCUT2D eigenvalue weighted by Crippen LogP contribution is 2.33. The molecule has 0 saturated carbocycles. The third-order valence-corrected chi connectivity index (χ3v) is 3.62. The zero-order valence-corrected chi connectivity index (χ0v) is 12.7. The van der Waals surface area contributed by atoms with Gasteiger partial charge >= 0.3 is 0 Å². The van der Waals surface area contributed by atoms with Gasteiger partial charge in [-0.2, -0.15) is 0 Å². The average Bonchev–Trinajstić information content (AvgIpc) is 2.38. The summed E-state index contributed by atoms with van der Waals surface area (Å²) in [5, 5.41) is 0. The minimum Gasteiger partial charge on any atom is -0.0619 e. The summed E-state index contributed by atoms with van der Waals surface area (Å²) in [6, 6.07) is 17.7. The molecule has 0 saturated heterocycles. The molecule has 0 aliphatic carbocycles. The van der Waals surface area contributed by atoms with Gasteiger partial charge in [0.1, 0.15) is 0 Å². The minimum atomic E-state index is 0.174. The van der Waals surface area contributed by atoms with Crippen LogP contribution in [-0.4, -0.2) is 0 Å². The number of hydrogen-bond donors (Lipinski definition) is 0. The SMILES string of the molecule is CC(C)c1ccc(-c2ccccc2C(C)(C)C)cc1. The van der Waals surface area contributed by atoms with Crippen LogP contribution in [0.5, 0.6) is 0 Å². The molecular weight excluding hydrogens is 228 g/mol. The predicted molar refractivity (Wildman–Crippen MR) is 84.7 cm³/mol. The normalized spacial score (nSPS) is 11.9. The summed E-state index contributed by atoms with van der Waals surface area (Å²) in [6.07, 6.45) is 0. The smallest absolute Gasteiger partial charge is 0.0126 e. The summed E-state index contributed by atoms with van der Waals surface area (Å²) in [7, 11) is 0. The molecule has 100 valence electrons. The molecule has 0 atom stereocenters. The van der Waals surface area contributed by atoms with Crippen molar-refractivity contribution in [3.8, 4) is 11.1 Å². The third-order valence-electron chi connectivity index (χ3n) is 3.62. The van der Waals surface area contributed by atoms with Crippen molar-refractivity contribution in [3.05, 3.63) is 59.7 Å². The first kappa shape index (κ1) is 13.9. The molecule has 0 amide bonds. The molecule has 0 N–H and O–H groups in total. The molecule has 2 aromatic rings. The molecule has 0 aliphatic heterocycles. The summed E-state index contributed by atoms with van der Waals surface area (Å²) >= 11 is 0. The molecule has 2 rings (SSSR count). The van der Waals surface area contributed by atoms with Gasteiger partial charge < -0.3 is 0 Å². The Kier molecular flexibility index (Phi) is 3.80. The highest BCUT2D eigenvalue weighted by atomic mass is 14.2. The molecule has 0 spiro atoms. The van der Waals surface area contributed by atoms with Crippen LogP contribution in [0.2, 0.25) is 0 Å². The van der Waals surface area contributed by atoms with Crippen LogP contribution < -0.4 is 0 Å². The van der Waals surface area contributed by atoms with E-state index in [0.29, 0.717) is 5.92 Å². The van der Waals surface area contributed by atoms with Gasteiger partial charge in [-0.05, 0) is 33.6 Å². The van der Waals surface area contributed by atoms with E-state index in [-0.39, 0.29) is 5.41 Å². The lowest BCUT2D eigenvalue weighted by atomic mass is 9.81. The van der Waals surface area contributed by atoms with E-state index in [1.807, 2.05) is 0 Å². The van der Waals surface area contributed by atoms with Gasteiger partial charge in [0, 0.05) is 0 Å². The first-order valence-electron chi connectivity index (χ1n) is 7.09. The predicted octanol–water partition coefficient (Wildman–Crippen LogP) is 5.77. The topological polar surface area (TPSA) is 0 Å². The number of rotatable bonds is 2. The Bertz CT molecular complexity index is 539. The second kappa shape index (κ2) is 5.21. The lowest BCUT2D eigenvalue weighted by molar-refractivity contribution is 0.592. The fraction of sp³-hybridized carbons (Fsp3) is 0.368. The third kappa shape index (κ3) is 3.07. The summed E-state index contributed by atoms with van der Waals surface area (Å²) in [6.45, 7) is 11.3. The molecule has 0 heteroatoms. The van der Waals surface area contributed by atoms with Gasteiger partial charge in [0.05, 0.1) is 0 Å². The maximum absolute atomic E-state index is 2.27. The van der Waals surface area contributed by atoms with Crippen LogP contribution in [0.25, 0.3) is 11.1 Å². The van der Waals surface area contributed by atoms with Crippen molar-refractivity contribution >= 4 is 0 Å². The Hall–Kier alpha value is -1.56. The summed E-state index contributed by atoms with van der Waals surface area (Å²) in [5.41, 5.74) is 5.65. The van der Waals surface area contributed by atoms with E-state index in [1.165, 1.54) is 22.3 Å². The Morgan fingerprint density at radius 2 is 1.37 bits per heavy atom. The van der Waals surface area contributed by atoms with E-state index in [2.05, 4.69) is 83.1 Å². The highest BCUT2D eigenvalue weighted by Gasteiger charge is 2.17. The fourth-order valence-corrected chi connectivity index (χ4v) is 2.44. The van der Waals surface area contributed by atoms with Crippen molar-refractivity contribution in [2.45, 2.75) is 46.0 Å². The number of hydrogen-bond acceptors (Lipinski definition) is 0. The van der Waals surface area contributed by atoms with Gasteiger partial charge in [-0.15, -0.1) is 0 Å². The van der Waals surface area contributed by atoms with E-state index >= 15 is 0 Å². The molecule has 0 radical (unpaired) electrons. The van der Waals surface area contributed by atoms with Crippen LogP contribution in [0.1, 0.15) is 51.7 Å². The van der Waals surface area contributed by atoms with Gasteiger partial charge in [-0.3, -0.25) is 0 Å². The summed E-state index contributed by atoms with van der Waals surface area (Å²) in [5.74, 6) is 0.590. The van der Waals surface area contributed by atoms with Gasteiger partial charge in [0.15, 0.2) is 0 Å². The van der Waals surface area contributed by atoms with Crippen LogP contribution in [0.15, 0.2) is 48.5 Å². The zero-order chi connectivity index (χ0) is 14.0. The second-order valence-corrected chi connectivity index (χ2v) is 6.57. The molecule has 0 heterocycles. The van der Waals surface area contributed by atoms with Crippen molar-refractivity contribution < 1.29 is 0 Å². The van der Waals surface area contributed by atoms with Crippen molar-refractivity contribution in [3.63, 3.8) is 0 Å². The molecule has 0 aromatic heterocycles. The Labute approximate surface area is 117 Å². The molecular formula is C19H24. The van der Waals surface area contributed by atoms with E-state index < -0.39 is 0 Å². The quantitative estimate of drug-likeness (QED) is 0.636. The van der Waals surface area contributed by atoms with Gasteiger partial charge in [0.25, 0.3) is 0 Å². The van der Waals surface area contributed by atoms with E-state index in [0.717, 1.165) is 0 Å². The van der Waals surface area contributed by atoms with Crippen LogP contribution in [0.3, 0.4) is 0 Å². The lowest BCUT2D eigenvalue weighted by Gasteiger charge is -2.23. The molecule has 0 nitrogen and oxygen atoms in total. The van der Waals surface area contributed by atoms with Crippen molar-refractivity contribution in [2.75, 3.05) is 0 Å². The Balaban J connectivity index is 2.48. The molecule has 0 unspecified atom stereocenters. The first-order valence-corrected chi connectivity index (χ1v) is 7.09. The molecule has 19 heavy (non-hydrogen) atoms. The Morgan fingerprint density at radius 1 is 0.789 bits per heavy atom. The second-order valence-electron chi connectivity index (χ2n) is 6.57. The van der Waals surface area contributed by atoms with E-state index in [1.54, 1.807) is 0 Å². The molecule has 0 fully saturated rings. The standard InChI is InChI=1S/C19H24/c1-14(2)15-10-12-16(13-11-15)17-8-6-7-9-18(17)19(3,4)5/h6-14H,1-5H3. The fourth-order valence-electron chi connectivity index (χ4n) is 2.44. The highest BCUT2D eigenvalue weighted by molar-refractivity contribution is 5.69. The number of benzene rings is 2. The maximum atomic E-state index is 2.27. The van der Waals surface area contributed by atoms with Crippen molar-refractivity contribution in [1.29, 1.82) is 0 Å². The average molecular weight is 252 g/mol. The first-order chi connectivity index (χ1) is 8.89. The largest absolute Gasteiger partial charge is 0.0619 e. The van der Waals surface area contributed by atoms with Crippen LogP contribution in [0, 0.1) is 0 Å². The van der Waals surface area contributed by atoms with Gasteiger partial charge in [0.2, 0.25) is 0 Å². The minimum absolute atomic E-state index is 0.174. The van der Waals surface area contributed by atoms with Crippen LogP contribution in [-0.2, 0) is 5.41 Å². The van der Waals surface area contributed by atoms with Crippen molar-refractivity contribution in [1.82, 2.24) is 0 Å². The molecule has 0 aliphatic rings. The monoisotopic (exact) mass is 252 g/mol. The van der Waals surface area contributed by atoms with Gasteiger partial charge in [-0.1, -0.05) is 83.1 Å². The summed E-state index contributed by atoms with van der Waals surface area (Å²) in [4.78, 5) is 0. The maximum Gasteiger partial charge on any atom is -0.0126 e. The van der Waals surface area contributed by atoms with E-state index in [4.69, 9.17) is 0 Å². The van der Waals surface area contributed by atoms with Crippen LogP contribution >= 0.6 is 0 Å². The van der Waals surface area contributed by atoms with Gasteiger partial charge in [-0.25, -0.2) is 0 Å². The zero-order valence-electron chi connectivity index (χ0n) is 12.7. The van der Waals surface area contributed by atoms with E-state index in [9.17, 15) is 0 Å². The van der Waals surface area contributed by atoms with Crippen LogP contribution in [0.4, 0.5) is 0 Å². The Morgan fingerprint density at radius 3 is 1.89 bits per heavy atom. The molecule has 0 bridgehead atoms. The molecule has 2 aromatic carbocycles.